The lowest BCUT2D eigenvalue weighted by Gasteiger charge is -2.14. The Morgan fingerprint density at radius 1 is 1.10 bits per heavy atom. The van der Waals surface area contributed by atoms with Crippen LogP contribution in [-0.2, 0) is 0 Å². The highest BCUT2D eigenvalue weighted by molar-refractivity contribution is 5.91. The molecule has 2 rings (SSSR count). The fourth-order valence-corrected chi connectivity index (χ4v) is 2.43. The number of carboxylic acids is 1. The number of aromatic carboxylic acids is 1. The van der Waals surface area contributed by atoms with Crippen molar-refractivity contribution in [2.24, 2.45) is 0 Å². The zero-order valence-electron chi connectivity index (χ0n) is 12.8. The molecule has 0 unspecified atom stereocenters. The molecule has 0 saturated heterocycles. The summed E-state index contributed by atoms with van der Waals surface area (Å²) in [6.45, 7) is 8.18. The Kier molecular flexibility index (Phi) is 4.32. The quantitative estimate of drug-likeness (QED) is 0.867. The highest BCUT2D eigenvalue weighted by atomic mass is 16.5. The number of carbonyl (C=O) groups is 1. The molecule has 3 nitrogen and oxygen atoms in total. The van der Waals surface area contributed by atoms with Gasteiger partial charge in [-0.25, -0.2) is 4.79 Å². The lowest BCUT2D eigenvalue weighted by atomic mass is 9.98. The van der Waals surface area contributed by atoms with E-state index in [1.54, 1.807) is 12.1 Å². The summed E-state index contributed by atoms with van der Waals surface area (Å²) >= 11 is 0. The Hall–Kier alpha value is -2.29. The first-order valence-corrected chi connectivity index (χ1v) is 7.01. The van der Waals surface area contributed by atoms with Crippen molar-refractivity contribution in [2.45, 2.75) is 33.6 Å². The van der Waals surface area contributed by atoms with Crippen molar-refractivity contribution < 1.29 is 14.6 Å². The van der Waals surface area contributed by atoms with E-state index in [1.807, 2.05) is 38.1 Å². The van der Waals surface area contributed by atoms with Gasteiger partial charge in [-0.15, -0.1) is 0 Å². The van der Waals surface area contributed by atoms with Gasteiger partial charge in [-0.3, -0.25) is 0 Å². The number of ether oxygens (including phenoxy) is 1. The number of hydrogen-bond acceptors (Lipinski definition) is 2. The van der Waals surface area contributed by atoms with Gasteiger partial charge in [-0.05, 0) is 54.7 Å². The summed E-state index contributed by atoms with van der Waals surface area (Å²) in [5.74, 6) is 0.534. The van der Waals surface area contributed by atoms with Gasteiger partial charge >= 0.3 is 5.97 Å². The van der Waals surface area contributed by atoms with E-state index in [9.17, 15) is 9.90 Å². The second kappa shape index (κ2) is 6.00. The fraction of sp³-hybridized carbons (Fsp3) is 0.278. The van der Waals surface area contributed by atoms with Crippen LogP contribution in [0.2, 0.25) is 0 Å². The van der Waals surface area contributed by atoms with Crippen molar-refractivity contribution in [3.05, 3.63) is 58.7 Å². The molecule has 3 heteroatoms. The van der Waals surface area contributed by atoms with Gasteiger partial charge in [0.2, 0.25) is 0 Å². The molecule has 0 saturated carbocycles. The minimum absolute atomic E-state index is 0.181. The Balaban J connectivity index is 2.39. The van der Waals surface area contributed by atoms with Crippen LogP contribution in [0.5, 0.6) is 11.5 Å². The molecule has 0 atom stereocenters. The number of rotatable bonds is 4. The predicted octanol–water partition coefficient (Wildman–Crippen LogP) is 4.92. The van der Waals surface area contributed by atoms with Gasteiger partial charge < -0.3 is 9.84 Å². The highest BCUT2D eigenvalue weighted by Gasteiger charge is 2.14. The largest absolute Gasteiger partial charge is 0.478 e. The molecule has 0 aliphatic heterocycles. The molecule has 21 heavy (non-hydrogen) atoms. The molecule has 0 aliphatic carbocycles. The molecular formula is C18H20O3. The van der Waals surface area contributed by atoms with Crippen molar-refractivity contribution >= 4 is 5.97 Å². The first kappa shape index (κ1) is 15.1. The molecule has 0 heterocycles. The smallest absolute Gasteiger partial charge is 0.339 e. The average molecular weight is 284 g/mol. The van der Waals surface area contributed by atoms with E-state index in [0.29, 0.717) is 17.4 Å². The van der Waals surface area contributed by atoms with Crippen LogP contribution >= 0.6 is 0 Å². The molecule has 110 valence electrons. The van der Waals surface area contributed by atoms with E-state index < -0.39 is 5.97 Å². The molecule has 0 bridgehead atoms. The molecule has 1 N–H and O–H groups in total. The van der Waals surface area contributed by atoms with Crippen LogP contribution in [-0.4, -0.2) is 11.1 Å². The van der Waals surface area contributed by atoms with Crippen LogP contribution < -0.4 is 4.74 Å². The molecule has 0 amide bonds. The van der Waals surface area contributed by atoms with Crippen molar-refractivity contribution in [1.29, 1.82) is 0 Å². The topological polar surface area (TPSA) is 46.5 Å². The van der Waals surface area contributed by atoms with Gasteiger partial charge in [0.15, 0.2) is 0 Å². The van der Waals surface area contributed by atoms with E-state index >= 15 is 0 Å². The molecule has 2 aromatic rings. The summed E-state index contributed by atoms with van der Waals surface area (Å²) in [5, 5.41) is 9.26. The Bertz CT molecular complexity index is 672. The van der Waals surface area contributed by atoms with Gasteiger partial charge in [0, 0.05) is 0 Å². The van der Waals surface area contributed by atoms with Gasteiger partial charge in [-0.1, -0.05) is 32.0 Å². The number of hydrogen-bond donors (Lipinski definition) is 1. The third-order valence-corrected chi connectivity index (χ3v) is 3.53. The zero-order valence-corrected chi connectivity index (χ0v) is 12.8. The summed E-state index contributed by atoms with van der Waals surface area (Å²) < 4.78 is 5.84. The van der Waals surface area contributed by atoms with E-state index in [-0.39, 0.29) is 5.56 Å². The van der Waals surface area contributed by atoms with Crippen molar-refractivity contribution in [3.8, 4) is 11.5 Å². The van der Waals surface area contributed by atoms with Gasteiger partial charge in [0.25, 0.3) is 0 Å². The first-order chi connectivity index (χ1) is 9.90. The van der Waals surface area contributed by atoms with E-state index in [2.05, 4.69) is 13.8 Å². The third kappa shape index (κ3) is 3.24. The lowest BCUT2D eigenvalue weighted by Crippen LogP contribution is -2.02. The second-order valence-electron chi connectivity index (χ2n) is 5.53. The van der Waals surface area contributed by atoms with E-state index in [1.165, 1.54) is 5.56 Å². The van der Waals surface area contributed by atoms with Crippen LogP contribution in [0.25, 0.3) is 0 Å². The fourth-order valence-electron chi connectivity index (χ4n) is 2.43. The van der Waals surface area contributed by atoms with Crippen LogP contribution in [0.3, 0.4) is 0 Å². The molecular weight excluding hydrogens is 264 g/mol. The van der Waals surface area contributed by atoms with Crippen molar-refractivity contribution in [2.75, 3.05) is 0 Å². The van der Waals surface area contributed by atoms with Crippen LogP contribution in [0.4, 0.5) is 0 Å². The lowest BCUT2D eigenvalue weighted by molar-refractivity contribution is 0.0694. The predicted molar refractivity (Wildman–Crippen MR) is 83.5 cm³/mol. The number of carboxylic acid groups (broad SMARTS) is 1. The molecule has 0 fully saturated rings. The molecule has 2 aromatic carbocycles. The van der Waals surface area contributed by atoms with Crippen LogP contribution in [0, 0.1) is 13.8 Å². The maximum absolute atomic E-state index is 11.3. The van der Waals surface area contributed by atoms with Crippen LogP contribution in [0.15, 0.2) is 36.4 Å². The second-order valence-corrected chi connectivity index (χ2v) is 5.53. The Morgan fingerprint density at radius 3 is 2.38 bits per heavy atom. The standard InChI is InChI=1S/C18H20O3/c1-11(2)15-9-8-14(10-13(15)4)21-17-12(3)6-5-7-16(17)18(19)20/h5-11H,1-4H3,(H,19,20). The normalized spacial score (nSPS) is 10.7. The Labute approximate surface area is 125 Å². The van der Waals surface area contributed by atoms with Gasteiger partial charge in [-0.2, -0.15) is 0 Å². The molecule has 0 aliphatic rings. The SMILES string of the molecule is Cc1cc(Oc2c(C)cccc2C(=O)O)ccc1C(C)C. The van der Waals surface area contributed by atoms with Crippen molar-refractivity contribution in [1.82, 2.24) is 0 Å². The first-order valence-electron chi connectivity index (χ1n) is 7.01. The van der Waals surface area contributed by atoms with Gasteiger partial charge in [0.1, 0.15) is 17.1 Å². The molecule has 0 aromatic heterocycles. The minimum atomic E-state index is -0.982. The maximum Gasteiger partial charge on any atom is 0.339 e. The number of benzene rings is 2. The number of para-hydroxylation sites is 1. The maximum atomic E-state index is 11.3. The highest BCUT2D eigenvalue weighted by Crippen LogP contribution is 2.31. The van der Waals surface area contributed by atoms with Gasteiger partial charge in [0.05, 0.1) is 0 Å². The van der Waals surface area contributed by atoms with Crippen LogP contribution in [0.1, 0.15) is 46.8 Å². The van der Waals surface area contributed by atoms with E-state index in [0.717, 1.165) is 11.1 Å². The zero-order chi connectivity index (χ0) is 15.6. The Morgan fingerprint density at radius 2 is 1.81 bits per heavy atom. The summed E-state index contributed by atoms with van der Waals surface area (Å²) in [7, 11) is 0. The number of aryl methyl sites for hydroxylation is 2. The molecule has 0 spiro atoms. The third-order valence-electron chi connectivity index (χ3n) is 3.53. The summed E-state index contributed by atoms with van der Waals surface area (Å²) in [6.07, 6.45) is 0. The summed E-state index contributed by atoms with van der Waals surface area (Å²) in [6, 6.07) is 11.0. The summed E-state index contributed by atoms with van der Waals surface area (Å²) in [4.78, 5) is 11.3. The monoisotopic (exact) mass is 284 g/mol. The average Bonchev–Trinajstić information content (AvgIpc) is 2.40. The summed E-state index contributed by atoms with van der Waals surface area (Å²) in [5.41, 5.74) is 3.40. The van der Waals surface area contributed by atoms with Crippen molar-refractivity contribution in [3.63, 3.8) is 0 Å². The minimum Gasteiger partial charge on any atom is -0.478 e. The molecule has 0 radical (unpaired) electrons. The van der Waals surface area contributed by atoms with E-state index in [4.69, 9.17) is 4.74 Å².